The van der Waals surface area contributed by atoms with E-state index in [1.54, 1.807) is 0 Å². The molecule has 0 spiro atoms. The summed E-state index contributed by atoms with van der Waals surface area (Å²) in [5.74, 6) is 0.654. The van der Waals surface area contributed by atoms with Gasteiger partial charge in [-0.3, -0.25) is 9.13 Å². The normalized spacial score (nSPS) is 13.6. The topological polar surface area (TPSA) is 32.6 Å². The minimum Gasteiger partial charge on any atom is -0.309 e. The third-order valence-electron chi connectivity index (χ3n) is 14.0. The molecule has 5 heterocycles. The molecule has 0 saturated carbocycles. The van der Waals surface area contributed by atoms with Crippen LogP contribution in [0.1, 0.15) is 11.0 Å². The molecule has 15 aromatic rings. The van der Waals surface area contributed by atoms with Gasteiger partial charge in [0.05, 0.1) is 60.8 Å². The molecule has 10 aromatic carbocycles. The Morgan fingerprint density at radius 2 is 0.743 bits per heavy atom. The van der Waals surface area contributed by atoms with Gasteiger partial charge in [-0.15, -0.1) is 0 Å². The number of para-hydroxylation sites is 8. The maximum atomic E-state index is 9.55. The quantitative estimate of drug-likeness (QED) is 0.164. The van der Waals surface area contributed by atoms with Crippen molar-refractivity contribution in [2.24, 2.45) is 0 Å². The monoisotopic (exact) mass is 899 g/mol. The van der Waals surface area contributed by atoms with Crippen LogP contribution >= 0.6 is 0 Å². The van der Waals surface area contributed by atoms with Crippen molar-refractivity contribution in [1.82, 2.24) is 23.3 Å². The van der Waals surface area contributed by atoms with Gasteiger partial charge < -0.3 is 9.13 Å². The zero-order valence-corrected chi connectivity index (χ0v) is 37.3. The molecule has 5 aromatic heterocycles. The van der Waals surface area contributed by atoms with Crippen molar-refractivity contribution in [2.45, 2.75) is 0 Å². The first kappa shape index (κ1) is 31.5. The molecule has 0 amide bonds. The second-order valence-corrected chi connectivity index (χ2v) is 17.7. The molecule has 0 fully saturated rings. The molecule has 0 N–H and O–H groups in total. The highest BCUT2D eigenvalue weighted by molar-refractivity contribution is 6.14. The van der Waals surface area contributed by atoms with Gasteiger partial charge in [0.1, 0.15) is 11.6 Å². The lowest BCUT2D eigenvalue weighted by atomic mass is 9.92. The van der Waals surface area contributed by atoms with Gasteiger partial charge in [0.2, 0.25) is 0 Å². The van der Waals surface area contributed by atoms with Gasteiger partial charge in [-0.1, -0.05) is 170 Å². The van der Waals surface area contributed by atoms with E-state index in [2.05, 4.69) is 143 Å². The van der Waals surface area contributed by atoms with Crippen LogP contribution in [0.2, 0.25) is 0 Å². The van der Waals surface area contributed by atoms with Gasteiger partial charge in [-0.05, 0) is 95.5 Å². The summed E-state index contributed by atoms with van der Waals surface area (Å²) in [4.78, 5) is 5.51. The Morgan fingerprint density at radius 1 is 0.300 bits per heavy atom. The molecule has 70 heavy (non-hydrogen) atoms. The highest BCUT2D eigenvalue weighted by Gasteiger charge is 2.24. The van der Waals surface area contributed by atoms with Crippen molar-refractivity contribution >= 4 is 87.2 Å². The first-order chi connectivity index (χ1) is 38.1. The van der Waals surface area contributed by atoms with Crippen molar-refractivity contribution in [1.29, 1.82) is 0 Å². The smallest absolute Gasteiger partial charge is 0.140 e. The first-order valence-corrected chi connectivity index (χ1v) is 23.3. The molecule has 326 valence electrons. The van der Waals surface area contributed by atoms with Crippen LogP contribution in [0.25, 0.3) is 132 Å². The molecule has 5 heteroatoms. The van der Waals surface area contributed by atoms with Crippen LogP contribution in [-0.4, -0.2) is 23.3 Å². The van der Waals surface area contributed by atoms with E-state index in [0.29, 0.717) is 49.8 Å². The summed E-state index contributed by atoms with van der Waals surface area (Å²) in [6.45, 7) is 0. The number of hydrogen-bond acceptors (Lipinski definition) is 1. The summed E-state index contributed by atoms with van der Waals surface area (Å²) in [6, 6.07) is 65.3. The maximum Gasteiger partial charge on any atom is 0.140 e. The van der Waals surface area contributed by atoms with E-state index in [0.717, 1.165) is 71.7 Å². The molecule has 0 atom stereocenters. The van der Waals surface area contributed by atoms with Crippen LogP contribution in [0.3, 0.4) is 0 Å². The number of hydrogen-bond donors (Lipinski definition) is 0. The summed E-state index contributed by atoms with van der Waals surface area (Å²) in [7, 11) is 0. The third-order valence-corrected chi connectivity index (χ3v) is 14.0. The molecule has 0 aliphatic heterocycles. The van der Waals surface area contributed by atoms with E-state index < -0.39 is 0 Å². The summed E-state index contributed by atoms with van der Waals surface area (Å²) in [6.07, 6.45) is 0. The Balaban J connectivity index is 1.14. The lowest BCUT2D eigenvalue weighted by Crippen LogP contribution is -2.06. The SMILES string of the molecule is [2H]c1c([2H])c([2H])c2c(c1[2H])c1ccccc1n2-c1cc(-c2c(-c3ccc4c5ccccc5n(-c5ccccc5)c4c3)cccc2-n2c3ccccc3c3ccccc32)cc(-n2c3ccccc3c3c([2H])c([2H])c([2H])c([2H])c32)n1. The fourth-order valence-corrected chi connectivity index (χ4v) is 11.1. The van der Waals surface area contributed by atoms with E-state index in [-0.39, 0.29) is 59.4 Å². The number of aromatic nitrogens is 5. The molecule has 0 aliphatic carbocycles. The van der Waals surface area contributed by atoms with Gasteiger partial charge in [-0.2, -0.15) is 0 Å². The molecule has 0 aliphatic rings. The van der Waals surface area contributed by atoms with Crippen LogP contribution in [0.5, 0.6) is 0 Å². The summed E-state index contributed by atoms with van der Waals surface area (Å²) in [5.41, 5.74) is 11.0. The standard InChI is InChI=1S/C65H41N5/c1-2-19-44(20-3-1)67-54-29-11-4-27-52(54)53-38-37-42(39-62(53)67)45-28-18-36-61(68-55-30-12-5-21-46(55)47-22-6-13-31-56(47)68)65(45)43-40-63(69-57-32-14-7-23-48(57)49-24-8-15-33-58(49)69)66-64(41-43)70-59-34-16-9-25-50(59)51-26-10-17-35-60(51)70/h1-41H/i7D,9D,14D,16D,23D,25D,32D,34D. The van der Waals surface area contributed by atoms with Crippen LogP contribution < -0.4 is 0 Å². The average Bonchev–Trinajstić information content (AvgIpc) is 4.34. The highest BCUT2D eigenvalue weighted by atomic mass is 15.1. The maximum absolute atomic E-state index is 9.55. The highest BCUT2D eigenvalue weighted by Crippen LogP contribution is 2.45. The molecular weight excluding hydrogens is 851 g/mol. The van der Waals surface area contributed by atoms with E-state index in [9.17, 15) is 5.48 Å². The fourth-order valence-electron chi connectivity index (χ4n) is 11.1. The third kappa shape index (κ3) is 5.57. The van der Waals surface area contributed by atoms with Crippen molar-refractivity contribution in [3.05, 3.63) is 249 Å². The van der Waals surface area contributed by atoms with Crippen LogP contribution in [-0.2, 0) is 0 Å². The molecule has 0 unspecified atom stereocenters. The minimum absolute atomic E-state index is 0.168. The number of pyridine rings is 1. The molecule has 15 rings (SSSR count). The summed E-state index contributed by atoms with van der Waals surface area (Å²) in [5, 5.41) is 6.31. The Bertz CT molecular complexity index is 4880. The fraction of sp³-hybridized carbons (Fsp3) is 0. The van der Waals surface area contributed by atoms with Gasteiger partial charge >= 0.3 is 0 Å². The number of fused-ring (bicyclic) bond motifs is 12. The van der Waals surface area contributed by atoms with Gasteiger partial charge in [0.25, 0.3) is 0 Å². The lowest BCUT2D eigenvalue weighted by molar-refractivity contribution is 1.01. The Labute approximate surface area is 413 Å². The van der Waals surface area contributed by atoms with Gasteiger partial charge in [-0.25, -0.2) is 4.98 Å². The average molecular weight is 900 g/mol. The molecule has 0 radical (unpaired) electrons. The number of nitrogens with zero attached hydrogens (tertiary/aromatic N) is 5. The molecule has 5 nitrogen and oxygen atoms in total. The second-order valence-electron chi connectivity index (χ2n) is 17.7. The van der Waals surface area contributed by atoms with Crippen LogP contribution in [0.4, 0.5) is 0 Å². The largest absolute Gasteiger partial charge is 0.309 e. The van der Waals surface area contributed by atoms with Crippen molar-refractivity contribution in [3.8, 4) is 45.3 Å². The van der Waals surface area contributed by atoms with Crippen molar-refractivity contribution in [2.75, 3.05) is 0 Å². The van der Waals surface area contributed by atoms with E-state index in [1.807, 2.05) is 75.9 Å². The predicted molar refractivity (Wildman–Crippen MR) is 292 cm³/mol. The van der Waals surface area contributed by atoms with Crippen LogP contribution in [0.15, 0.2) is 249 Å². The second kappa shape index (κ2) is 15.0. The van der Waals surface area contributed by atoms with E-state index >= 15 is 0 Å². The van der Waals surface area contributed by atoms with Gasteiger partial charge in [0.15, 0.2) is 0 Å². The Morgan fingerprint density at radius 3 is 1.29 bits per heavy atom. The Hall–Kier alpha value is -9.45. The van der Waals surface area contributed by atoms with Gasteiger partial charge in [0, 0.05) is 54.3 Å². The Kier molecular flexibility index (Phi) is 6.76. The minimum atomic E-state index is -0.381. The van der Waals surface area contributed by atoms with Crippen molar-refractivity contribution < 1.29 is 11.0 Å². The predicted octanol–water partition coefficient (Wildman–Crippen LogP) is 16.8. The zero-order chi connectivity index (χ0) is 52.8. The molecule has 0 bridgehead atoms. The number of benzene rings is 10. The lowest BCUT2D eigenvalue weighted by Gasteiger charge is -2.21. The summed E-state index contributed by atoms with van der Waals surface area (Å²) >= 11 is 0. The zero-order valence-electron chi connectivity index (χ0n) is 45.3. The van der Waals surface area contributed by atoms with Crippen LogP contribution in [0, 0.1) is 0 Å². The summed E-state index contributed by atoms with van der Waals surface area (Å²) < 4.78 is 81.6. The molecular formula is C65H41N5. The first-order valence-electron chi connectivity index (χ1n) is 27.3. The molecule has 0 saturated heterocycles. The van der Waals surface area contributed by atoms with E-state index in [1.165, 1.54) is 0 Å². The van der Waals surface area contributed by atoms with E-state index in [4.69, 9.17) is 10.5 Å². The van der Waals surface area contributed by atoms with Crippen molar-refractivity contribution in [3.63, 3.8) is 0 Å². The number of rotatable bonds is 6.